The normalized spacial score (nSPS) is 11.3. The van der Waals surface area contributed by atoms with Gasteiger partial charge in [-0.25, -0.2) is 10.5 Å². The van der Waals surface area contributed by atoms with Crippen molar-refractivity contribution in [2.75, 3.05) is 0 Å². The Balaban J connectivity index is 2.03. The van der Waals surface area contributed by atoms with Gasteiger partial charge in [0, 0.05) is 6.20 Å². The molecule has 6 nitrogen and oxygen atoms in total. The quantitative estimate of drug-likeness (QED) is 0.514. The van der Waals surface area contributed by atoms with E-state index in [0.29, 0.717) is 5.75 Å². The number of ether oxygens (including phenoxy) is 1. The summed E-state index contributed by atoms with van der Waals surface area (Å²) in [6.45, 7) is 6.60. The molecule has 22 heavy (non-hydrogen) atoms. The van der Waals surface area contributed by atoms with Crippen LogP contribution in [-0.4, -0.2) is 15.7 Å². The van der Waals surface area contributed by atoms with Crippen LogP contribution in [0.15, 0.2) is 30.5 Å². The maximum Gasteiger partial charge on any atom is 0.287 e. The molecular weight excluding hydrogens is 304 g/mol. The number of carbonyl (C=O) groups excluding carboxylic acids is 1. The lowest BCUT2D eigenvalue weighted by Gasteiger charge is -2.19. The number of rotatable bonds is 4. The monoisotopic (exact) mass is 322 g/mol. The molecule has 3 N–H and O–H groups in total. The SMILES string of the molecule is CC(C)(C)c1ccc(OCn2cc(Cl)c(C(=O)NN)n2)cc1. The number of nitrogens with one attached hydrogen (secondary N) is 1. The molecule has 0 spiro atoms. The molecule has 2 rings (SSSR count). The van der Waals surface area contributed by atoms with Gasteiger partial charge in [-0.05, 0) is 23.1 Å². The lowest BCUT2D eigenvalue weighted by atomic mass is 9.87. The Kier molecular flexibility index (Phi) is 4.73. The van der Waals surface area contributed by atoms with Gasteiger partial charge in [0.05, 0.1) is 5.02 Å². The van der Waals surface area contributed by atoms with Crippen molar-refractivity contribution < 1.29 is 9.53 Å². The number of hydrogen-bond acceptors (Lipinski definition) is 4. The smallest absolute Gasteiger partial charge is 0.287 e. The Morgan fingerprint density at radius 1 is 1.36 bits per heavy atom. The highest BCUT2D eigenvalue weighted by Crippen LogP contribution is 2.24. The van der Waals surface area contributed by atoms with Crippen LogP contribution in [0.5, 0.6) is 5.75 Å². The molecule has 0 unspecified atom stereocenters. The number of carbonyl (C=O) groups is 1. The van der Waals surface area contributed by atoms with Gasteiger partial charge in [0.15, 0.2) is 12.4 Å². The Labute approximate surface area is 134 Å². The van der Waals surface area contributed by atoms with Crippen LogP contribution in [0.25, 0.3) is 0 Å². The molecule has 0 fully saturated rings. The highest BCUT2D eigenvalue weighted by atomic mass is 35.5. The molecule has 0 saturated carbocycles. The molecule has 0 atom stereocenters. The van der Waals surface area contributed by atoms with E-state index >= 15 is 0 Å². The second-order valence-corrected chi connectivity index (χ2v) is 6.29. The first-order valence-corrected chi connectivity index (χ1v) is 7.16. The van der Waals surface area contributed by atoms with Crippen LogP contribution in [-0.2, 0) is 12.1 Å². The van der Waals surface area contributed by atoms with Crippen LogP contribution >= 0.6 is 11.6 Å². The Morgan fingerprint density at radius 2 is 2.00 bits per heavy atom. The predicted octanol–water partition coefficient (Wildman–Crippen LogP) is 2.47. The minimum atomic E-state index is -0.543. The van der Waals surface area contributed by atoms with E-state index in [1.165, 1.54) is 16.4 Å². The summed E-state index contributed by atoms with van der Waals surface area (Å²) in [5, 5.41) is 4.24. The average Bonchev–Trinajstić information content (AvgIpc) is 2.85. The maximum absolute atomic E-state index is 11.4. The largest absolute Gasteiger partial charge is 0.471 e. The number of nitrogen functional groups attached to an aromatic ring is 1. The predicted molar refractivity (Wildman–Crippen MR) is 84.7 cm³/mol. The molecule has 0 saturated heterocycles. The minimum Gasteiger partial charge on any atom is -0.471 e. The van der Waals surface area contributed by atoms with Gasteiger partial charge in [-0.1, -0.05) is 44.5 Å². The first-order valence-electron chi connectivity index (χ1n) is 6.78. The van der Waals surface area contributed by atoms with Crippen molar-refractivity contribution in [2.24, 2.45) is 5.84 Å². The van der Waals surface area contributed by atoms with E-state index in [-0.39, 0.29) is 22.9 Å². The zero-order chi connectivity index (χ0) is 16.3. The van der Waals surface area contributed by atoms with E-state index in [1.807, 2.05) is 29.7 Å². The third-order valence-corrected chi connectivity index (χ3v) is 3.42. The zero-order valence-electron chi connectivity index (χ0n) is 12.8. The molecule has 7 heteroatoms. The Morgan fingerprint density at radius 3 is 2.55 bits per heavy atom. The summed E-state index contributed by atoms with van der Waals surface area (Å²) in [4.78, 5) is 11.4. The van der Waals surface area contributed by atoms with E-state index in [2.05, 4.69) is 25.9 Å². The molecule has 0 aliphatic carbocycles. The lowest BCUT2D eigenvalue weighted by molar-refractivity contribution is 0.0946. The molecule has 0 aliphatic rings. The van der Waals surface area contributed by atoms with Crippen molar-refractivity contribution >= 4 is 17.5 Å². The molecule has 1 aromatic heterocycles. The van der Waals surface area contributed by atoms with Crippen LogP contribution in [0.2, 0.25) is 5.02 Å². The number of hydrogen-bond donors (Lipinski definition) is 2. The van der Waals surface area contributed by atoms with Crippen molar-refractivity contribution in [1.29, 1.82) is 0 Å². The number of nitrogens with zero attached hydrogens (tertiary/aromatic N) is 2. The Bertz CT molecular complexity index is 659. The fourth-order valence-corrected chi connectivity index (χ4v) is 2.11. The van der Waals surface area contributed by atoms with Crippen LogP contribution < -0.4 is 16.0 Å². The van der Waals surface area contributed by atoms with Crippen molar-refractivity contribution in [3.05, 3.63) is 46.7 Å². The van der Waals surface area contributed by atoms with Gasteiger partial charge in [-0.2, -0.15) is 5.10 Å². The summed E-state index contributed by atoms with van der Waals surface area (Å²) in [5.74, 6) is 5.23. The summed E-state index contributed by atoms with van der Waals surface area (Å²) in [7, 11) is 0. The molecule has 1 aromatic carbocycles. The van der Waals surface area contributed by atoms with Gasteiger partial charge >= 0.3 is 0 Å². The highest BCUT2D eigenvalue weighted by molar-refractivity contribution is 6.33. The molecule has 0 aliphatic heterocycles. The van der Waals surface area contributed by atoms with Crippen molar-refractivity contribution in [2.45, 2.75) is 32.9 Å². The molecule has 0 bridgehead atoms. The molecular formula is C15H19ClN4O2. The van der Waals surface area contributed by atoms with E-state index in [0.717, 1.165) is 0 Å². The molecule has 1 heterocycles. The summed E-state index contributed by atoms with van der Waals surface area (Å²) in [5.41, 5.74) is 3.38. The third kappa shape index (κ3) is 3.78. The molecule has 118 valence electrons. The number of benzene rings is 1. The second-order valence-electron chi connectivity index (χ2n) is 5.89. The first kappa shape index (κ1) is 16.3. The van der Waals surface area contributed by atoms with E-state index < -0.39 is 5.91 Å². The summed E-state index contributed by atoms with van der Waals surface area (Å²) in [6.07, 6.45) is 1.51. The average molecular weight is 323 g/mol. The topological polar surface area (TPSA) is 82.2 Å². The minimum absolute atomic E-state index is 0.0656. The van der Waals surface area contributed by atoms with Gasteiger partial charge in [0.2, 0.25) is 0 Å². The van der Waals surface area contributed by atoms with Crippen molar-refractivity contribution in [1.82, 2.24) is 15.2 Å². The molecule has 2 aromatic rings. The van der Waals surface area contributed by atoms with E-state index in [4.69, 9.17) is 22.2 Å². The van der Waals surface area contributed by atoms with Crippen molar-refractivity contribution in [3.8, 4) is 5.75 Å². The fraction of sp³-hybridized carbons (Fsp3) is 0.333. The zero-order valence-corrected chi connectivity index (χ0v) is 13.5. The van der Waals surface area contributed by atoms with E-state index in [1.54, 1.807) is 0 Å². The third-order valence-electron chi connectivity index (χ3n) is 3.15. The highest BCUT2D eigenvalue weighted by Gasteiger charge is 2.15. The van der Waals surface area contributed by atoms with Gasteiger partial charge in [0.1, 0.15) is 5.75 Å². The number of aromatic nitrogens is 2. The number of amides is 1. The Hall–Kier alpha value is -2.05. The van der Waals surface area contributed by atoms with Crippen LogP contribution in [0.3, 0.4) is 0 Å². The van der Waals surface area contributed by atoms with E-state index in [9.17, 15) is 4.79 Å². The van der Waals surface area contributed by atoms with Gasteiger partial charge in [-0.3, -0.25) is 10.2 Å². The van der Waals surface area contributed by atoms with Gasteiger partial charge in [-0.15, -0.1) is 0 Å². The fourth-order valence-electron chi connectivity index (χ4n) is 1.88. The van der Waals surface area contributed by atoms with Gasteiger partial charge < -0.3 is 4.74 Å². The van der Waals surface area contributed by atoms with Crippen LogP contribution in [0, 0.1) is 0 Å². The molecule has 0 radical (unpaired) electrons. The second kappa shape index (κ2) is 6.37. The van der Waals surface area contributed by atoms with Crippen LogP contribution in [0.4, 0.5) is 0 Å². The molecule has 1 amide bonds. The number of nitrogens with two attached hydrogens (primary N) is 1. The van der Waals surface area contributed by atoms with Crippen molar-refractivity contribution in [3.63, 3.8) is 0 Å². The van der Waals surface area contributed by atoms with Crippen LogP contribution in [0.1, 0.15) is 36.8 Å². The summed E-state index contributed by atoms with van der Waals surface area (Å²) < 4.78 is 7.06. The van der Waals surface area contributed by atoms with Gasteiger partial charge in [0.25, 0.3) is 5.91 Å². The first-order chi connectivity index (χ1) is 10.3. The lowest BCUT2D eigenvalue weighted by Crippen LogP contribution is -2.30. The number of halogens is 1. The standard InChI is InChI=1S/C15H19ClN4O2/c1-15(2,3)10-4-6-11(7-5-10)22-9-20-8-12(16)13(19-20)14(21)18-17/h4-8H,9,17H2,1-3H3,(H,18,21). The summed E-state index contributed by atoms with van der Waals surface area (Å²) >= 11 is 5.92. The summed E-state index contributed by atoms with van der Waals surface area (Å²) in [6, 6.07) is 7.86. The number of hydrazine groups is 1. The maximum atomic E-state index is 11.4.